The molecule has 0 spiro atoms. The largest absolute Gasteiger partial charge is 0.269 e. The molecule has 0 aromatic heterocycles. The molecule has 0 aliphatic heterocycles. The van der Waals surface area contributed by atoms with Crippen molar-refractivity contribution in [3.05, 3.63) is 40.4 Å². The Kier molecular flexibility index (Phi) is 1.44. The Labute approximate surface area is 52.1 Å². The fraction of sp³-hybridized carbons (Fsp3) is 0. The minimum atomic E-state index is -0.417. The van der Waals surface area contributed by atoms with Crippen LogP contribution in [0.2, 0.25) is 0 Å². The first-order chi connectivity index (χ1) is 4.30. The zero-order valence-corrected chi connectivity index (χ0v) is 4.65. The second-order valence-electron chi connectivity index (χ2n) is 1.59. The van der Waals surface area contributed by atoms with Gasteiger partial charge in [-0.2, -0.15) is 0 Å². The minimum Gasteiger partial charge on any atom is -0.258 e. The zero-order valence-electron chi connectivity index (χ0n) is 4.65. The number of non-ortho nitro benzene ring substituents is 1. The topological polar surface area (TPSA) is 43.1 Å². The summed E-state index contributed by atoms with van der Waals surface area (Å²) in [6, 6.07) is 7.93. The van der Waals surface area contributed by atoms with Gasteiger partial charge in [-0.1, -0.05) is 18.2 Å². The van der Waals surface area contributed by atoms with Gasteiger partial charge in [-0.3, -0.25) is 10.1 Å². The average Bonchev–Trinajstić information content (AvgIpc) is 1.90. The minimum absolute atomic E-state index is 0.137. The van der Waals surface area contributed by atoms with E-state index in [0.717, 1.165) is 0 Å². The Morgan fingerprint density at radius 3 is 2.11 bits per heavy atom. The van der Waals surface area contributed by atoms with E-state index >= 15 is 0 Å². The van der Waals surface area contributed by atoms with Crippen molar-refractivity contribution in [3.8, 4) is 0 Å². The van der Waals surface area contributed by atoms with Crippen molar-refractivity contribution in [1.82, 2.24) is 0 Å². The lowest BCUT2D eigenvalue weighted by atomic mass is 10.3. The quantitative estimate of drug-likeness (QED) is 0.420. The molecule has 0 heterocycles. The van der Waals surface area contributed by atoms with Crippen LogP contribution >= 0.6 is 0 Å². The van der Waals surface area contributed by atoms with Gasteiger partial charge < -0.3 is 0 Å². The van der Waals surface area contributed by atoms with Crippen molar-refractivity contribution in [2.45, 2.75) is 0 Å². The Morgan fingerprint density at radius 2 is 1.78 bits per heavy atom. The predicted molar refractivity (Wildman–Crippen MR) is 33.1 cm³/mol. The Hall–Kier alpha value is -1.38. The summed E-state index contributed by atoms with van der Waals surface area (Å²) in [6.07, 6.45) is 0. The lowest BCUT2D eigenvalue weighted by Crippen LogP contribution is -1.84. The van der Waals surface area contributed by atoms with E-state index < -0.39 is 4.92 Å². The number of para-hydroxylation sites is 1. The Bertz CT molecular complexity index is 208. The van der Waals surface area contributed by atoms with Crippen LogP contribution < -0.4 is 0 Å². The summed E-state index contributed by atoms with van der Waals surface area (Å²) >= 11 is 0. The highest BCUT2D eigenvalue weighted by molar-refractivity contribution is 5.27. The van der Waals surface area contributed by atoms with Gasteiger partial charge in [0, 0.05) is 12.1 Å². The molecule has 0 aliphatic carbocycles. The number of nitro benzene ring substituents is 1. The molecule has 0 atom stereocenters. The maximum atomic E-state index is 10.0. The molecular formula is C6H5NO2. The third kappa shape index (κ3) is 1.25. The van der Waals surface area contributed by atoms with E-state index in [0.29, 0.717) is 0 Å². The van der Waals surface area contributed by atoms with Crippen LogP contribution in [0.4, 0.5) is 5.69 Å². The first-order valence-corrected chi connectivity index (χ1v) is 2.50. The van der Waals surface area contributed by atoms with Gasteiger partial charge >= 0.3 is 0 Å². The molecule has 1 rings (SSSR count). The van der Waals surface area contributed by atoms with Crippen LogP contribution in [0.25, 0.3) is 0 Å². The van der Waals surface area contributed by atoms with E-state index in [1.54, 1.807) is 18.2 Å². The van der Waals surface area contributed by atoms with Crippen molar-refractivity contribution in [3.63, 3.8) is 0 Å². The van der Waals surface area contributed by atoms with Gasteiger partial charge in [0.05, 0.1) is 4.92 Å². The van der Waals surface area contributed by atoms with E-state index in [1.807, 2.05) is 0 Å². The van der Waals surface area contributed by atoms with Gasteiger partial charge in [0.2, 0.25) is 0 Å². The highest BCUT2D eigenvalue weighted by atomic mass is 16.6. The van der Waals surface area contributed by atoms with E-state index in [-0.39, 0.29) is 5.69 Å². The molecule has 0 amide bonds. The monoisotopic (exact) mass is 123 g/mol. The van der Waals surface area contributed by atoms with Crippen molar-refractivity contribution in [2.24, 2.45) is 0 Å². The second kappa shape index (κ2) is 2.26. The van der Waals surface area contributed by atoms with Gasteiger partial charge in [0.15, 0.2) is 0 Å². The molecule has 3 nitrogen and oxygen atoms in total. The fourth-order valence-electron chi connectivity index (χ4n) is 0.550. The maximum Gasteiger partial charge on any atom is 0.269 e. The molecule has 0 bridgehead atoms. The number of rotatable bonds is 1. The third-order valence-electron chi connectivity index (χ3n) is 0.967. The van der Waals surface area contributed by atoms with Crippen LogP contribution in [0.1, 0.15) is 0 Å². The zero-order chi connectivity index (χ0) is 6.69. The van der Waals surface area contributed by atoms with E-state index in [1.165, 1.54) is 12.1 Å². The fourth-order valence-corrected chi connectivity index (χ4v) is 0.550. The van der Waals surface area contributed by atoms with Crippen LogP contribution in [0.5, 0.6) is 0 Å². The standard InChI is InChI=1S/C6H5NO2/c8-7(9)6-4-2-1-3-5-6/h1-5H/i7+0. The lowest BCUT2D eigenvalue weighted by molar-refractivity contribution is -0.384. The van der Waals surface area contributed by atoms with Gasteiger partial charge in [-0.25, -0.2) is 0 Å². The number of hydrogen-bond acceptors (Lipinski definition) is 2. The summed E-state index contributed by atoms with van der Waals surface area (Å²) in [5.74, 6) is 0. The third-order valence-corrected chi connectivity index (χ3v) is 0.967. The molecule has 9 heavy (non-hydrogen) atoms. The molecule has 1 aromatic carbocycles. The van der Waals surface area contributed by atoms with Crippen LogP contribution in [0.3, 0.4) is 0 Å². The number of hydrogen-bond donors (Lipinski definition) is 0. The van der Waals surface area contributed by atoms with E-state index in [4.69, 9.17) is 0 Å². The molecule has 0 aliphatic rings. The lowest BCUT2D eigenvalue weighted by Gasteiger charge is -1.85. The molecule has 0 N–H and O–H groups in total. The second-order valence-corrected chi connectivity index (χ2v) is 1.59. The maximum absolute atomic E-state index is 10.0. The number of nitrogens with zero attached hydrogens (tertiary/aromatic N) is 1. The predicted octanol–water partition coefficient (Wildman–Crippen LogP) is 1.59. The Balaban J connectivity index is 2.98. The van der Waals surface area contributed by atoms with Crippen molar-refractivity contribution < 1.29 is 4.92 Å². The van der Waals surface area contributed by atoms with Crippen molar-refractivity contribution in [1.29, 1.82) is 0 Å². The van der Waals surface area contributed by atoms with Gasteiger partial charge in [-0.15, -0.1) is 0 Å². The van der Waals surface area contributed by atoms with Gasteiger partial charge in [0.1, 0.15) is 0 Å². The summed E-state index contributed by atoms with van der Waals surface area (Å²) in [4.78, 5) is 9.59. The molecule has 46 valence electrons. The number of benzene rings is 1. The first kappa shape index (κ1) is 5.75. The van der Waals surface area contributed by atoms with Crippen LogP contribution in [0, 0.1) is 10.1 Å². The summed E-state index contributed by atoms with van der Waals surface area (Å²) in [5.41, 5.74) is 0.137. The highest BCUT2D eigenvalue weighted by Gasteiger charge is 1.98. The molecule has 1 aromatic rings. The Morgan fingerprint density at radius 1 is 1.22 bits per heavy atom. The van der Waals surface area contributed by atoms with E-state index in [2.05, 4.69) is 0 Å². The molecule has 0 radical (unpaired) electrons. The van der Waals surface area contributed by atoms with Crippen LogP contribution in [-0.2, 0) is 0 Å². The smallest absolute Gasteiger partial charge is 0.258 e. The first-order valence-electron chi connectivity index (χ1n) is 2.50. The van der Waals surface area contributed by atoms with Crippen molar-refractivity contribution in [2.75, 3.05) is 0 Å². The van der Waals surface area contributed by atoms with Crippen molar-refractivity contribution >= 4 is 5.69 Å². The highest BCUT2D eigenvalue weighted by Crippen LogP contribution is 2.06. The molecule has 0 saturated heterocycles. The summed E-state index contributed by atoms with van der Waals surface area (Å²) in [6.45, 7) is 0. The summed E-state index contributed by atoms with van der Waals surface area (Å²) in [5, 5.41) is 10.0. The molecule has 0 saturated carbocycles. The van der Waals surface area contributed by atoms with Gasteiger partial charge in [-0.05, 0) is 0 Å². The van der Waals surface area contributed by atoms with E-state index in [9.17, 15) is 10.1 Å². The summed E-state index contributed by atoms with van der Waals surface area (Å²) in [7, 11) is 0. The average molecular weight is 123 g/mol. The van der Waals surface area contributed by atoms with Crippen LogP contribution in [0.15, 0.2) is 30.3 Å². The van der Waals surface area contributed by atoms with Gasteiger partial charge in [0.25, 0.3) is 5.69 Å². The molecule has 0 unspecified atom stereocenters. The molecular weight excluding hydrogens is 118 g/mol. The normalized spacial score (nSPS) is 8.89. The summed E-state index contributed by atoms with van der Waals surface area (Å²) < 4.78 is 0. The number of nitro groups is 1. The van der Waals surface area contributed by atoms with Crippen LogP contribution in [-0.4, -0.2) is 4.92 Å². The molecule has 0 fully saturated rings. The molecule has 3 heteroatoms. The SMILES string of the molecule is O=[14N+]([O-])c1ccccc1.